The number of alkyl halides is 3. The van der Waals surface area contributed by atoms with Gasteiger partial charge in [0.15, 0.2) is 5.78 Å². The van der Waals surface area contributed by atoms with Gasteiger partial charge in [0.25, 0.3) is 0 Å². The van der Waals surface area contributed by atoms with Gasteiger partial charge in [-0.15, -0.1) is 0 Å². The van der Waals surface area contributed by atoms with Crippen molar-refractivity contribution in [2.24, 2.45) is 0 Å². The van der Waals surface area contributed by atoms with Crippen molar-refractivity contribution in [2.75, 3.05) is 0 Å². The minimum Gasteiger partial charge on any atom is -0.361 e. The Morgan fingerprint density at radius 3 is 2.46 bits per heavy atom. The van der Waals surface area contributed by atoms with Gasteiger partial charge in [-0.05, 0) is 31.2 Å². The molecule has 0 saturated carbocycles. The number of ketones is 1. The van der Waals surface area contributed by atoms with Crippen LogP contribution in [0, 0.1) is 6.92 Å². The van der Waals surface area contributed by atoms with Gasteiger partial charge in [-0.25, -0.2) is 0 Å². The van der Waals surface area contributed by atoms with Crippen molar-refractivity contribution in [3.8, 4) is 11.3 Å². The van der Waals surface area contributed by atoms with E-state index in [2.05, 4.69) is 10.1 Å². The fourth-order valence-electron chi connectivity index (χ4n) is 2.41. The van der Waals surface area contributed by atoms with Gasteiger partial charge in [-0.1, -0.05) is 17.3 Å². The number of rotatable bonds is 5. The molecule has 0 N–H and O–H groups in total. The normalized spacial score (nSPS) is 11.5. The third-order valence-electron chi connectivity index (χ3n) is 3.90. The van der Waals surface area contributed by atoms with Crippen LogP contribution in [0.2, 0.25) is 0 Å². The number of pyridine rings is 1. The molecule has 0 radical (unpaired) electrons. The van der Waals surface area contributed by atoms with E-state index in [1.807, 2.05) is 6.92 Å². The minimum atomic E-state index is -4.38. The standard InChI is InChI=1S/C19H15F3N2O2/c1-12-2-3-14(11-23-12)18(25)9-8-16-10-17(24-26-16)13-4-6-15(7-5-13)19(20,21)22/h2-7,10-11H,8-9H2,1H3. The Labute approximate surface area is 147 Å². The molecule has 2 heterocycles. The highest BCUT2D eigenvalue weighted by Crippen LogP contribution is 2.30. The summed E-state index contributed by atoms with van der Waals surface area (Å²) in [6.45, 7) is 1.84. The molecular weight excluding hydrogens is 345 g/mol. The summed E-state index contributed by atoms with van der Waals surface area (Å²) < 4.78 is 43.0. The summed E-state index contributed by atoms with van der Waals surface area (Å²) in [7, 11) is 0. The van der Waals surface area contributed by atoms with Crippen molar-refractivity contribution in [3.05, 3.63) is 71.2 Å². The van der Waals surface area contributed by atoms with Gasteiger partial charge in [0.1, 0.15) is 11.5 Å². The molecule has 0 unspecified atom stereocenters. The van der Waals surface area contributed by atoms with Crippen LogP contribution in [0.15, 0.2) is 53.2 Å². The van der Waals surface area contributed by atoms with Crippen LogP contribution in [0.1, 0.15) is 33.8 Å². The molecule has 7 heteroatoms. The van der Waals surface area contributed by atoms with Crippen LogP contribution in [-0.4, -0.2) is 15.9 Å². The van der Waals surface area contributed by atoms with E-state index >= 15 is 0 Å². The molecule has 0 amide bonds. The molecule has 0 aliphatic heterocycles. The molecule has 26 heavy (non-hydrogen) atoms. The number of hydrogen-bond acceptors (Lipinski definition) is 4. The number of carbonyl (C=O) groups is 1. The summed E-state index contributed by atoms with van der Waals surface area (Å²) in [6, 6.07) is 9.79. The minimum absolute atomic E-state index is 0.0648. The lowest BCUT2D eigenvalue weighted by atomic mass is 10.1. The Morgan fingerprint density at radius 1 is 1.12 bits per heavy atom. The van der Waals surface area contributed by atoms with Crippen LogP contribution in [-0.2, 0) is 12.6 Å². The van der Waals surface area contributed by atoms with Gasteiger partial charge in [-0.2, -0.15) is 13.2 Å². The van der Waals surface area contributed by atoms with Crippen LogP contribution in [0.3, 0.4) is 0 Å². The summed E-state index contributed by atoms with van der Waals surface area (Å²) in [5.41, 5.74) is 1.58. The van der Waals surface area contributed by atoms with E-state index < -0.39 is 11.7 Å². The number of halogens is 3. The van der Waals surface area contributed by atoms with Gasteiger partial charge in [-0.3, -0.25) is 9.78 Å². The Bertz CT molecular complexity index is 898. The van der Waals surface area contributed by atoms with Crippen molar-refractivity contribution < 1.29 is 22.5 Å². The van der Waals surface area contributed by atoms with Crippen LogP contribution < -0.4 is 0 Å². The zero-order valence-electron chi connectivity index (χ0n) is 13.9. The first-order valence-corrected chi connectivity index (χ1v) is 7.92. The molecule has 2 aromatic heterocycles. The van der Waals surface area contributed by atoms with E-state index in [-0.39, 0.29) is 12.2 Å². The van der Waals surface area contributed by atoms with Crippen molar-refractivity contribution in [1.82, 2.24) is 10.1 Å². The van der Waals surface area contributed by atoms with E-state index in [9.17, 15) is 18.0 Å². The summed E-state index contributed by atoms with van der Waals surface area (Å²) in [4.78, 5) is 16.2. The molecule has 0 atom stereocenters. The van der Waals surface area contributed by atoms with Crippen molar-refractivity contribution >= 4 is 5.78 Å². The van der Waals surface area contributed by atoms with Crippen LogP contribution >= 0.6 is 0 Å². The smallest absolute Gasteiger partial charge is 0.361 e. The molecule has 0 aliphatic rings. The number of hydrogen-bond donors (Lipinski definition) is 0. The van der Waals surface area contributed by atoms with E-state index in [4.69, 9.17) is 4.52 Å². The van der Waals surface area contributed by atoms with E-state index in [1.54, 1.807) is 18.2 Å². The predicted octanol–water partition coefficient (Wildman–Crippen LogP) is 4.88. The molecule has 0 bridgehead atoms. The second-order valence-electron chi connectivity index (χ2n) is 5.87. The predicted molar refractivity (Wildman–Crippen MR) is 88.6 cm³/mol. The van der Waals surface area contributed by atoms with Crippen molar-refractivity contribution in [2.45, 2.75) is 25.9 Å². The fraction of sp³-hybridized carbons (Fsp3) is 0.211. The fourth-order valence-corrected chi connectivity index (χ4v) is 2.41. The molecule has 0 aliphatic carbocycles. The second-order valence-corrected chi connectivity index (χ2v) is 5.87. The summed E-state index contributed by atoms with van der Waals surface area (Å²) in [5.74, 6) is 0.429. The number of nitrogens with zero attached hydrogens (tertiary/aromatic N) is 2. The van der Waals surface area contributed by atoms with Gasteiger partial charge in [0, 0.05) is 41.9 Å². The molecule has 1 aromatic carbocycles. The van der Waals surface area contributed by atoms with Crippen LogP contribution in [0.4, 0.5) is 13.2 Å². The Kier molecular flexibility index (Phi) is 4.88. The first-order chi connectivity index (χ1) is 12.3. The molecular formula is C19H15F3N2O2. The molecule has 3 rings (SSSR count). The van der Waals surface area contributed by atoms with Crippen LogP contribution in [0.5, 0.6) is 0 Å². The van der Waals surface area contributed by atoms with Gasteiger partial charge < -0.3 is 4.52 Å². The van der Waals surface area contributed by atoms with E-state index in [0.29, 0.717) is 29.0 Å². The topological polar surface area (TPSA) is 56.0 Å². The SMILES string of the molecule is Cc1ccc(C(=O)CCc2cc(-c3ccc(C(F)(F)F)cc3)no2)cn1. The Morgan fingerprint density at radius 2 is 1.85 bits per heavy atom. The lowest BCUT2D eigenvalue weighted by molar-refractivity contribution is -0.137. The van der Waals surface area contributed by atoms with Gasteiger partial charge >= 0.3 is 6.18 Å². The van der Waals surface area contributed by atoms with E-state index in [1.165, 1.54) is 18.3 Å². The maximum Gasteiger partial charge on any atom is 0.416 e. The Hall–Kier alpha value is -2.96. The number of aryl methyl sites for hydroxylation is 2. The molecule has 0 saturated heterocycles. The number of carbonyl (C=O) groups excluding carboxylic acids is 1. The highest BCUT2D eigenvalue weighted by Gasteiger charge is 2.30. The van der Waals surface area contributed by atoms with Gasteiger partial charge in [0.05, 0.1) is 5.56 Å². The first kappa shape index (κ1) is 17.8. The van der Waals surface area contributed by atoms with Crippen molar-refractivity contribution in [3.63, 3.8) is 0 Å². The van der Waals surface area contributed by atoms with Crippen LogP contribution in [0.25, 0.3) is 11.3 Å². The second kappa shape index (κ2) is 7.11. The first-order valence-electron chi connectivity index (χ1n) is 7.92. The maximum absolute atomic E-state index is 12.6. The zero-order chi connectivity index (χ0) is 18.7. The van der Waals surface area contributed by atoms with Gasteiger partial charge in [0.2, 0.25) is 0 Å². The van der Waals surface area contributed by atoms with E-state index in [0.717, 1.165) is 17.8 Å². The number of benzene rings is 1. The average Bonchev–Trinajstić information content (AvgIpc) is 3.09. The number of aromatic nitrogens is 2. The zero-order valence-corrected chi connectivity index (χ0v) is 13.9. The largest absolute Gasteiger partial charge is 0.416 e. The number of Topliss-reactive ketones (excluding diaryl/α,β-unsaturated/α-hetero) is 1. The quantitative estimate of drug-likeness (QED) is 0.609. The molecule has 0 spiro atoms. The maximum atomic E-state index is 12.6. The monoisotopic (exact) mass is 360 g/mol. The highest BCUT2D eigenvalue weighted by molar-refractivity contribution is 5.95. The molecule has 134 valence electrons. The third kappa shape index (κ3) is 4.17. The lowest BCUT2D eigenvalue weighted by Crippen LogP contribution is -2.03. The third-order valence-corrected chi connectivity index (χ3v) is 3.90. The lowest BCUT2D eigenvalue weighted by Gasteiger charge is -2.06. The summed E-state index contributed by atoms with van der Waals surface area (Å²) in [5, 5.41) is 3.86. The average molecular weight is 360 g/mol. The molecule has 3 aromatic rings. The molecule has 0 fully saturated rings. The summed E-state index contributed by atoms with van der Waals surface area (Å²) >= 11 is 0. The van der Waals surface area contributed by atoms with Crippen molar-refractivity contribution in [1.29, 1.82) is 0 Å². The highest BCUT2D eigenvalue weighted by atomic mass is 19.4. The summed E-state index contributed by atoms with van der Waals surface area (Å²) in [6.07, 6.45) is -2.27. The Balaban J connectivity index is 1.64. The molecule has 4 nitrogen and oxygen atoms in total.